The lowest BCUT2D eigenvalue weighted by atomic mass is 10.2. The minimum absolute atomic E-state index is 0.216. The topological polar surface area (TPSA) is 60.9 Å². The number of fused-ring (bicyclic) bond motifs is 1. The van der Waals surface area contributed by atoms with Crippen LogP contribution < -0.4 is 11.4 Å². The van der Waals surface area contributed by atoms with E-state index in [1.165, 1.54) is 22.9 Å². The molecule has 4 nitrogen and oxygen atoms in total. The summed E-state index contributed by atoms with van der Waals surface area (Å²) in [6, 6.07) is 15.5. The standard InChI is InChI=1S/C16H15N3OS/c1-11-6-8-12(9-7-11)10-21-16-18-14-5-3-2-4-13(14)15(20)19(16)17/h2-9H,10,17H2,1H3. The fourth-order valence-corrected chi connectivity index (χ4v) is 2.93. The van der Waals surface area contributed by atoms with Crippen LogP contribution in [0.4, 0.5) is 0 Å². The minimum atomic E-state index is -0.216. The third-order valence-corrected chi connectivity index (χ3v) is 4.29. The molecule has 0 amide bonds. The number of aromatic nitrogens is 2. The summed E-state index contributed by atoms with van der Waals surface area (Å²) >= 11 is 1.46. The van der Waals surface area contributed by atoms with Crippen LogP contribution in [0.25, 0.3) is 10.9 Å². The van der Waals surface area contributed by atoms with Crippen LogP contribution >= 0.6 is 11.8 Å². The zero-order valence-electron chi connectivity index (χ0n) is 11.6. The smallest absolute Gasteiger partial charge is 0.280 e. The molecule has 0 saturated heterocycles. The van der Waals surface area contributed by atoms with Gasteiger partial charge in [0.25, 0.3) is 5.56 Å². The van der Waals surface area contributed by atoms with Gasteiger partial charge in [0, 0.05) is 5.75 Å². The lowest BCUT2D eigenvalue weighted by Crippen LogP contribution is -2.29. The Bertz CT molecular complexity index is 840. The summed E-state index contributed by atoms with van der Waals surface area (Å²) in [6.07, 6.45) is 0. The van der Waals surface area contributed by atoms with E-state index in [0.717, 1.165) is 10.4 Å². The predicted octanol–water partition coefficient (Wildman–Crippen LogP) is 2.71. The molecular formula is C16H15N3OS. The molecule has 3 aromatic rings. The highest BCUT2D eigenvalue weighted by Crippen LogP contribution is 2.21. The fourth-order valence-electron chi connectivity index (χ4n) is 2.06. The second-order valence-corrected chi connectivity index (χ2v) is 5.80. The van der Waals surface area contributed by atoms with E-state index in [9.17, 15) is 4.79 Å². The maximum Gasteiger partial charge on any atom is 0.280 e. The number of rotatable bonds is 3. The molecule has 0 spiro atoms. The molecule has 0 saturated carbocycles. The van der Waals surface area contributed by atoms with Crippen LogP contribution in [0.3, 0.4) is 0 Å². The molecule has 1 heterocycles. The molecule has 0 aliphatic carbocycles. The fraction of sp³-hybridized carbons (Fsp3) is 0.125. The van der Waals surface area contributed by atoms with E-state index in [2.05, 4.69) is 36.2 Å². The molecule has 3 rings (SSSR count). The second-order valence-electron chi connectivity index (χ2n) is 4.86. The number of nitrogens with zero attached hydrogens (tertiary/aromatic N) is 2. The Morgan fingerprint density at radius 3 is 2.62 bits per heavy atom. The SMILES string of the molecule is Cc1ccc(CSc2nc3ccccc3c(=O)n2N)cc1. The van der Waals surface area contributed by atoms with Crippen LogP contribution in [0.5, 0.6) is 0 Å². The van der Waals surface area contributed by atoms with Gasteiger partial charge in [0.05, 0.1) is 10.9 Å². The molecule has 0 fully saturated rings. The molecule has 0 radical (unpaired) electrons. The number of hydrogen-bond donors (Lipinski definition) is 1. The number of aryl methyl sites for hydroxylation is 1. The van der Waals surface area contributed by atoms with E-state index in [1.807, 2.05) is 18.2 Å². The first-order valence-corrected chi connectivity index (χ1v) is 7.59. The first kappa shape index (κ1) is 13.7. The van der Waals surface area contributed by atoms with Crippen molar-refractivity contribution in [2.75, 3.05) is 5.84 Å². The molecule has 5 heteroatoms. The summed E-state index contributed by atoms with van der Waals surface area (Å²) in [4.78, 5) is 16.7. The van der Waals surface area contributed by atoms with E-state index in [1.54, 1.807) is 6.07 Å². The first-order valence-electron chi connectivity index (χ1n) is 6.60. The van der Waals surface area contributed by atoms with Gasteiger partial charge in [0.1, 0.15) is 0 Å². The molecule has 0 aliphatic rings. The van der Waals surface area contributed by atoms with Crippen molar-refractivity contribution in [3.63, 3.8) is 0 Å². The molecule has 0 bridgehead atoms. The Hall–Kier alpha value is -2.27. The van der Waals surface area contributed by atoms with Gasteiger partial charge in [-0.25, -0.2) is 9.66 Å². The van der Waals surface area contributed by atoms with Gasteiger partial charge in [-0.15, -0.1) is 0 Å². The molecular weight excluding hydrogens is 282 g/mol. The number of nitrogen functional groups attached to an aromatic ring is 1. The maximum absolute atomic E-state index is 12.2. The molecule has 106 valence electrons. The zero-order chi connectivity index (χ0) is 14.8. The van der Waals surface area contributed by atoms with Gasteiger partial charge in [-0.1, -0.05) is 53.7 Å². The Morgan fingerprint density at radius 2 is 1.86 bits per heavy atom. The number of thioether (sulfide) groups is 1. The van der Waals surface area contributed by atoms with Crippen LogP contribution in [-0.2, 0) is 5.75 Å². The van der Waals surface area contributed by atoms with E-state index < -0.39 is 0 Å². The van der Waals surface area contributed by atoms with Crippen LogP contribution in [0, 0.1) is 6.92 Å². The average Bonchev–Trinajstić information content (AvgIpc) is 2.51. The van der Waals surface area contributed by atoms with Crippen molar-refractivity contribution >= 4 is 22.7 Å². The highest BCUT2D eigenvalue weighted by atomic mass is 32.2. The predicted molar refractivity (Wildman–Crippen MR) is 86.9 cm³/mol. The number of benzene rings is 2. The Balaban J connectivity index is 1.92. The third-order valence-electron chi connectivity index (χ3n) is 3.26. The monoisotopic (exact) mass is 297 g/mol. The number of para-hydroxylation sites is 1. The van der Waals surface area contributed by atoms with Gasteiger partial charge in [-0.2, -0.15) is 0 Å². The van der Waals surface area contributed by atoms with Crippen LogP contribution in [0.2, 0.25) is 0 Å². The highest BCUT2D eigenvalue weighted by Gasteiger charge is 2.09. The summed E-state index contributed by atoms with van der Waals surface area (Å²) in [5.74, 6) is 6.58. The van der Waals surface area contributed by atoms with E-state index in [-0.39, 0.29) is 5.56 Å². The maximum atomic E-state index is 12.2. The molecule has 0 aliphatic heterocycles. The first-order chi connectivity index (χ1) is 10.1. The van der Waals surface area contributed by atoms with Crippen LogP contribution in [-0.4, -0.2) is 9.66 Å². The van der Waals surface area contributed by atoms with E-state index in [4.69, 9.17) is 5.84 Å². The van der Waals surface area contributed by atoms with Gasteiger partial charge >= 0.3 is 0 Å². The van der Waals surface area contributed by atoms with Crippen molar-refractivity contribution in [1.82, 2.24) is 9.66 Å². The summed E-state index contributed by atoms with van der Waals surface area (Å²) in [5.41, 5.74) is 2.86. The molecule has 0 atom stereocenters. The second kappa shape index (κ2) is 5.61. The summed E-state index contributed by atoms with van der Waals surface area (Å²) in [7, 11) is 0. The van der Waals surface area contributed by atoms with E-state index >= 15 is 0 Å². The van der Waals surface area contributed by atoms with Crippen molar-refractivity contribution in [2.45, 2.75) is 17.8 Å². The van der Waals surface area contributed by atoms with Gasteiger partial charge in [0.15, 0.2) is 5.16 Å². The Morgan fingerprint density at radius 1 is 1.14 bits per heavy atom. The van der Waals surface area contributed by atoms with Gasteiger partial charge in [0.2, 0.25) is 0 Å². The number of nitrogens with two attached hydrogens (primary N) is 1. The summed E-state index contributed by atoms with van der Waals surface area (Å²) in [6.45, 7) is 2.05. The highest BCUT2D eigenvalue weighted by molar-refractivity contribution is 7.98. The Kier molecular flexibility index (Phi) is 3.66. The normalized spacial score (nSPS) is 10.9. The Labute approximate surface area is 126 Å². The number of hydrogen-bond acceptors (Lipinski definition) is 4. The van der Waals surface area contributed by atoms with Gasteiger partial charge in [-0.05, 0) is 24.6 Å². The average molecular weight is 297 g/mol. The molecule has 0 unspecified atom stereocenters. The van der Waals surface area contributed by atoms with Crippen molar-refractivity contribution in [1.29, 1.82) is 0 Å². The van der Waals surface area contributed by atoms with Crippen molar-refractivity contribution in [3.05, 3.63) is 70.0 Å². The molecule has 21 heavy (non-hydrogen) atoms. The lowest BCUT2D eigenvalue weighted by molar-refractivity contribution is 0.779. The van der Waals surface area contributed by atoms with Crippen LogP contribution in [0.15, 0.2) is 58.5 Å². The third kappa shape index (κ3) is 2.78. The zero-order valence-corrected chi connectivity index (χ0v) is 12.4. The molecule has 2 N–H and O–H groups in total. The largest absolute Gasteiger partial charge is 0.334 e. The summed E-state index contributed by atoms with van der Waals surface area (Å²) < 4.78 is 1.13. The molecule has 2 aromatic carbocycles. The van der Waals surface area contributed by atoms with E-state index in [0.29, 0.717) is 16.1 Å². The van der Waals surface area contributed by atoms with Crippen molar-refractivity contribution < 1.29 is 0 Å². The van der Waals surface area contributed by atoms with Gasteiger partial charge < -0.3 is 5.84 Å². The lowest BCUT2D eigenvalue weighted by Gasteiger charge is -2.08. The van der Waals surface area contributed by atoms with Crippen LogP contribution in [0.1, 0.15) is 11.1 Å². The van der Waals surface area contributed by atoms with Crippen molar-refractivity contribution in [2.24, 2.45) is 0 Å². The molecule has 1 aromatic heterocycles. The quantitative estimate of drug-likeness (QED) is 0.459. The summed E-state index contributed by atoms with van der Waals surface area (Å²) in [5, 5.41) is 1.07. The minimum Gasteiger partial charge on any atom is -0.334 e. The van der Waals surface area contributed by atoms with Gasteiger partial charge in [-0.3, -0.25) is 4.79 Å². The van der Waals surface area contributed by atoms with Crippen molar-refractivity contribution in [3.8, 4) is 0 Å².